The number of alkyl halides is 1. The zero-order chi connectivity index (χ0) is 8.53. The largest absolute Gasteiger partial charge is 0.314 e. The number of hydrogen-bond donors (Lipinski definition) is 1. The molecule has 0 aliphatic carbocycles. The molecule has 68 valence electrons. The molecule has 2 heteroatoms. The van der Waals surface area contributed by atoms with Gasteiger partial charge in [-0.2, -0.15) is 0 Å². The van der Waals surface area contributed by atoms with Crippen molar-refractivity contribution in [3.8, 4) is 0 Å². The van der Waals surface area contributed by atoms with Crippen LogP contribution in [0.1, 0.15) is 39.5 Å². The van der Waals surface area contributed by atoms with Crippen LogP contribution in [0.4, 0.5) is 0 Å². The van der Waals surface area contributed by atoms with E-state index in [1.54, 1.807) is 0 Å². The molecule has 0 bridgehead atoms. The van der Waals surface area contributed by atoms with E-state index in [1.165, 1.54) is 19.3 Å². The summed E-state index contributed by atoms with van der Waals surface area (Å²) < 4.78 is 0. The minimum atomic E-state index is 0.665. The van der Waals surface area contributed by atoms with E-state index in [-0.39, 0.29) is 0 Å². The van der Waals surface area contributed by atoms with E-state index in [9.17, 15) is 0 Å². The number of hydrogen-bond acceptors (Lipinski definition) is 1. The molecule has 0 aliphatic rings. The summed E-state index contributed by atoms with van der Waals surface area (Å²) >= 11 is 5.55. The highest BCUT2D eigenvalue weighted by Crippen LogP contribution is 1.99. The first-order valence-corrected chi connectivity index (χ1v) is 5.14. The smallest absolute Gasteiger partial charge is 0.0235 e. The number of rotatable bonds is 7. The van der Waals surface area contributed by atoms with E-state index < -0.39 is 0 Å². The van der Waals surface area contributed by atoms with Crippen molar-refractivity contribution in [2.75, 3.05) is 12.4 Å². The summed E-state index contributed by atoms with van der Waals surface area (Å²) in [5.41, 5.74) is 0. The van der Waals surface area contributed by atoms with E-state index >= 15 is 0 Å². The molecule has 1 unspecified atom stereocenters. The van der Waals surface area contributed by atoms with Gasteiger partial charge in [-0.1, -0.05) is 19.8 Å². The van der Waals surface area contributed by atoms with Gasteiger partial charge in [-0.05, 0) is 26.3 Å². The molecule has 0 radical (unpaired) electrons. The SMILES string of the molecule is CCCCC(C)NCCCCl. The Kier molecular flexibility index (Phi) is 8.54. The summed E-state index contributed by atoms with van der Waals surface area (Å²) in [4.78, 5) is 0. The Morgan fingerprint density at radius 3 is 2.64 bits per heavy atom. The second-order valence-corrected chi connectivity index (χ2v) is 3.42. The first-order valence-electron chi connectivity index (χ1n) is 4.60. The van der Waals surface area contributed by atoms with Crippen molar-refractivity contribution in [1.29, 1.82) is 0 Å². The van der Waals surface area contributed by atoms with Crippen LogP contribution in [0.25, 0.3) is 0 Å². The Morgan fingerprint density at radius 2 is 2.09 bits per heavy atom. The first-order chi connectivity index (χ1) is 5.31. The molecule has 0 aromatic rings. The van der Waals surface area contributed by atoms with Gasteiger partial charge >= 0.3 is 0 Å². The van der Waals surface area contributed by atoms with Crippen LogP contribution in [0.2, 0.25) is 0 Å². The summed E-state index contributed by atoms with van der Waals surface area (Å²) in [6, 6.07) is 0.665. The number of nitrogens with one attached hydrogen (secondary N) is 1. The van der Waals surface area contributed by atoms with E-state index in [0.29, 0.717) is 6.04 Å². The van der Waals surface area contributed by atoms with Crippen LogP contribution in [0.3, 0.4) is 0 Å². The molecule has 0 fully saturated rings. The van der Waals surface area contributed by atoms with Gasteiger partial charge in [-0.25, -0.2) is 0 Å². The average Bonchev–Trinajstić information content (AvgIpc) is 2.01. The maximum atomic E-state index is 5.55. The second-order valence-electron chi connectivity index (χ2n) is 3.04. The first kappa shape index (κ1) is 11.2. The third-order valence-electron chi connectivity index (χ3n) is 1.79. The van der Waals surface area contributed by atoms with E-state index in [0.717, 1.165) is 18.8 Å². The molecule has 0 saturated carbocycles. The average molecular weight is 178 g/mol. The standard InChI is InChI=1S/C9H20ClN/c1-3-4-6-9(2)11-8-5-7-10/h9,11H,3-8H2,1-2H3. The van der Waals surface area contributed by atoms with E-state index in [1.807, 2.05) is 0 Å². The van der Waals surface area contributed by atoms with Gasteiger partial charge in [0.05, 0.1) is 0 Å². The van der Waals surface area contributed by atoms with Gasteiger partial charge in [0.15, 0.2) is 0 Å². The monoisotopic (exact) mass is 177 g/mol. The zero-order valence-electron chi connectivity index (χ0n) is 7.70. The fourth-order valence-electron chi connectivity index (χ4n) is 1.03. The Hall–Kier alpha value is 0.250. The Morgan fingerprint density at radius 1 is 1.36 bits per heavy atom. The Labute approximate surface area is 75.5 Å². The molecule has 1 nitrogen and oxygen atoms in total. The quantitative estimate of drug-likeness (QED) is 0.466. The van der Waals surface area contributed by atoms with Gasteiger partial charge in [0.2, 0.25) is 0 Å². The molecule has 0 saturated heterocycles. The predicted molar refractivity (Wildman–Crippen MR) is 52.3 cm³/mol. The fraction of sp³-hybridized carbons (Fsp3) is 1.00. The highest BCUT2D eigenvalue weighted by molar-refractivity contribution is 6.17. The molecule has 0 amide bonds. The van der Waals surface area contributed by atoms with Crippen molar-refractivity contribution in [3.05, 3.63) is 0 Å². The minimum absolute atomic E-state index is 0.665. The lowest BCUT2D eigenvalue weighted by atomic mass is 10.1. The van der Waals surface area contributed by atoms with Crippen molar-refractivity contribution in [2.24, 2.45) is 0 Å². The van der Waals surface area contributed by atoms with Crippen molar-refractivity contribution in [2.45, 2.75) is 45.6 Å². The van der Waals surface area contributed by atoms with Gasteiger partial charge in [0, 0.05) is 11.9 Å². The van der Waals surface area contributed by atoms with Crippen molar-refractivity contribution < 1.29 is 0 Å². The molecule has 11 heavy (non-hydrogen) atoms. The third kappa shape index (κ3) is 8.15. The molecule has 0 aromatic carbocycles. The van der Waals surface area contributed by atoms with E-state index in [2.05, 4.69) is 19.2 Å². The summed E-state index contributed by atoms with van der Waals surface area (Å²) in [5, 5.41) is 3.43. The minimum Gasteiger partial charge on any atom is -0.314 e. The van der Waals surface area contributed by atoms with Crippen LogP contribution in [-0.4, -0.2) is 18.5 Å². The van der Waals surface area contributed by atoms with Crippen LogP contribution in [0.5, 0.6) is 0 Å². The molecular weight excluding hydrogens is 158 g/mol. The Bertz CT molecular complexity index is 76.0. The lowest BCUT2D eigenvalue weighted by Gasteiger charge is -2.11. The van der Waals surface area contributed by atoms with Gasteiger partial charge in [0.25, 0.3) is 0 Å². The third-order valence-corrected chi connectivity index (χ3v) is 2.06. The molecule has 0 heterocycles. The highest BCUT2D eigenvalue weighted by atomic mass is 35.5. The van der Waals surface area contributed by atoms with Gasteiger partial charge in [0.1, 0.15) is 0 Å². The van der Waals surface area contributed by atoms with Crippen LogP contribution >= 0.6 is 11.6 Å². The van der Waals surface area contributed by atoms with Crippen molar-refractivity contribution in [3.63, 3.8) is 0 Å². The number of unbranched alkanes of at least 4 members (excludes halogenated alkanes) is 1. The summed E-state index contributed by atoms with van der Waals surface area (Å²) in [5.74, 6) is 0.771. The maximum absolute atomic E-state index is 5.55. The maximum Gasteiger partial charge on any atom is 0.0235 e. The lowest BCUT2D eigenvalue weighted by molar-refractivity contribution is 0.496. The zero-order valence-corrected chi connectivity index (χ0v) is 8.45. The lowest BCUT2D eigenvalue weighted by Crippen LogP contribution is -2.26. The van der Waals surface area contributed by atoms with Crippen LogP contribution in [0.15, 0.2) is 0 Å². The molecule has 0 aliphatic heterocycles. The highest BCUT2D eigenvalue weighted by Gasteiger charge is 1.97. The van der Waals surface area contributed by atoms with E-state index in [4.69, 9.17) is 11.6 Å². The molecule has 0 aromatic heterocycles. The normalized spacial score (nSPS) is 13.4. The van der Waals surface area contributed by atoms with Gasteiger partial charge in [-0.15, -0.1) is 11.6 Å². The fourth-order valence-corrected chi connectivity index (χ4v) is 1.16. The molecule has 0 rings (SSSR count). The summed E-state index contributed by atoms with van der Waals surface area (Å²) in [6.07, 6.45) is 4.99. The molecular formula is C9H20ClN. The van der Waals surface area contributed by atoms with Crippen LogP contribution in [0, 0.1) is 0 Å². The predicted octanol–water partition coefficient (Wildman–Crippen LogP) is 2.78. The molecule has 0 spiro atoms. The Balaban J connectivity index is 3.02. The summed E-state index contributed by atoms with van der Waals surface area (Å²) in [6.45, 7) is 5.53. The summed E-state index contributed by atoms with van der Waals surface area (Å²) in [7, 11) is 0. The second kappa shape index (κ2) is 8.35. The van der Waals surface area contributed by atoms with Crippen molar-refractivity contribution >= 4 is 11.6 Å². The van der Waals surface area contributed by atoms with Crippen LogP contribution < -0.4 is 5.32 Å². The topological polar surface area (TPSA) is 12.0 Å². The van der Waals surface area contributed by atoms with Gasteiger partial charge in [-0.3, -0.25) is 0 Å². The molecule has 1 N–H and O–H groups in total. The van der Waals surface area contributed by atoms with Crippen molar-refractivity contribution in [1.82, 2.24) is 5.32 Å². The van der Waals surface area contributed by atoms with Gasteiger partial charge < -0.3 is 5.32 Å². The van der Waals surface area contributed by atoms with Crippen LogP contribution in [-0.2, 0) is 0 Å². The number of halogens is 1. The molecule has 1 atom stereocenters.